The number of carbonyl (C=O) groups is 1. The minimum Gasteiger partial charge on any atom is -0.377 e. The van der Waals surface area contributed by atoms with Gasteiger partial charge in [-0.05, 0) is 25.0 Å². The van der Waals surface area contributed by atoms with E-state index in [0.717, 1.165) is 23.7 Å². The van der Waals surface area contributed by atoms with Crippen LogP contribution in [0.25, 0.3) is 10.9 Å². The van der Waals surface area contributed by atoms with Crippen molar-refractivity contribution < 1.29 is 14.3 Å². The largest absolute Gasteiger partial charge is 0.377 e. The molecule has 2 heterocycles. The summed E-state index contributed by atoms with van der Waals surface area (Å²) in [5, 5.41) is 4.37. The number of fused-ring (bicyclic) bond motifs is 1. The van der Waals surface area contributed by atoms with Gasteiger partial charge in [0.25, 0.3) is 5.91 Å². The third kappa shape index (κ3) is 4.48. The van der Waals surface area contributed by atoms with E-state index in [1.54, 1.807) is 0 Å². The molecular formula is C21H29ClN2O3. The van der Waals surface area contributed by atoms with Crippen molar-refractivity contribution in [3.8, 4) is 0 Å². The van der Waals surface area contributed by atoms with Crippen LogP contribution in [0.1, 0.15) is 55.9 Å². The molecule has 27 heavy (non-hydrogen) atoms. The molecule has 5 nitrogen and oxygen atoms in total. The lowest BCUT2D eigenvalue weighted by Gasteiger charge is -2.28. The summed E-state index contributed by atoms with van der Waals surface area (Å²) >= 11 is 6.38. The SMILES string of the molecule is CC.O=C(NCCOC1CCCC1)c1cn(C2COC2)c2cccc(Cl)c12. The molecule has 2 aromatic rings. The molecule has 6 heteroatoms. The Bertz CT molecular complexity index is 764. The van der Waals surface area contributed by atoms with Crippen LogP contribution in [0.3, 0.4) is 0 Å². The number of rotatable bonds is 6. The van der Waals surface area contributed by atoms with Crippen LogP contribution < -0.4 is 5.32 Å². The fourth-order valence-corrected chi connectivity index (χ4v) is 3.94. The van der Waals surface area contributed by atoms with Crippen LogP contribution in [0, 0.1) is 0 Å². The quantitative estimate of drug-likeness (QED) is 0.732. The number of hydrogen-bond donors (Lipinski definition) is 1. The first-order chi connectivity index (χ1) is 13.2. The smallest absolute Gasteiger partial charge is 0.253 e. The number of benzene rings is 1. The molecule has 2 aliphatic rings. The molecule has 2 fully saturated rings. The highest BCUT2D eigenvalue weighted by Crippen LogP contribution is 2.32. The summed E-state index contributed by atoms with van der Waals surface area (Å²) in [6.07, 6.45) is 7.05. The predicted octanol–water partition coefficient (Wildman–Crippen LogP) is 4.58. The van der Waals surface area contributed by atoms with Crippen LogP contribution in [0.15, 0.2) is 24.4 Å². The Balaban J connectivity index is 0.00000102. The number of hydrogen-bond acceptors (Lipinski definition) is 3. The third-order valence-corrected chi connectivity index (χ3v) is 5.42. The molecule has 1 saturated carbocycles. The molecule has 0 radical (unpaired) electrons. The first kappa shape index (κ1) is 20.2. The van der Waals surface area contributed by atoms with Gasteiger partial charge in [-0.15, -0.1) is 0 Å². The first-order valence-electron chi connectivity index (χ1n) is 10.0. The van der Waals surface area contributed by atoms with Crippen molar-refractivity contribution in [2.75, 3.05) is 26.4 Å². The van der Waals surface area contributed by atoms with Gasteiger partial charge in [-0.3, -0.25) is 4.79 Å². The van der Waals surface area contributed by atoms with Crippen LogP contribution in [-0.2, 0) is 9.47 Å². The molecule has 1 aliphatic carbocycles. The molecule has 0 bridgehead atoms. The van der Waals surface area contributed by atoms with Gasteiger partial charge < -0.3 is 19.4 Å². The summed E-state index contributed by atoms with van der Waals surface area (Å²) in [5.74, 6) is -0.105. The Hall–Kier alpha value is -1.56. The lowest BCUT2D eigenvalue weighted by atomic mass is 10.1. The van der Waals surface area contributed by atoms with E-state index in [2.05, 4.69) is 9.88 Å². The Morgan fingerprint density at radius 3 is 2.70 bits per heavy atom. The molecule has 0 spiro atoms. The van der Waals surface area contributed by atoms with E-state index in [0.29, 0.717) is 43.1 Å². The van der Waals surface area contributed by atoms with Gasteiger partial charge in [-0.25, -0.2) is 0 Å². The van der Waals surface area contributed by atoms with Crippen LogP contribution >= 0.6 is 11.6 Å². The lowest BCUT2D eigenvalue weighted by Crippen LogP contribution is -2.30. The Labute approximate surface area is 166 Å². The molecule has 0 atom stereocenters. The average molecular weight is 393 g/mol. The number of ether oxygens (including phenoxy) is 2. The van der Waals surface area contributed by atoms with Gasteiger partial charge in [-0.2, -0.15) is 0 Å². The highest BCUT2D eigenvalue weighted by molar-refractivity contribution is 6.36. The van der Waals surface area contributed by atoms with E-state index in [1.165, 1.54) is 12.8 Å². The van der Waals surface area contributed by atoms with E-state index in [9.17, 15) is 4.79 Å². The normalized spacial score (nSPS) is 17.4. The van der Waals surface area contributed by atoms with E-state index < -0.39 is 0 Å². The minimum atomic E-state index is -0.105. The van der Waals surface area contributed by atoms with Crippen molar-refractivity contribution in [1.82, 2.24) is 9.88 Å². The molecule has 1 N–H and O–H groups in total. The second-order valence-electron chi connectivity index (χ2n) is 6.81. The van der Waals surface area contributed by atoms with Crippen molar-refractivity contribution >= 4 is 28.4 Å². The van der Waals surface area contributed by atoms with Crippen LogP contribution in [0.5, 0.6) is 0 Å². The molecule has 1 amide bonds. The van der Waals surface area contributed by atoms with E-state index >= 15 is 0 Å². The highest BCUT2D eigenvalue weighted by atomic mass is 35.5. The third-order valence-electron chi connectivity index (χ3n) is 5.11. The van der Waals surface area contributed by atoms with Gasteiger partial charge >= 0.3 is 0 Å². The molecule has 1 aliphatic heterocycles. The second-order valence-corrected chi connectivity index (χ2v) is 7.22. The number of nitrogens with zero attached hydrogens (tertiary/aromatic N) is 1. The van der Waals surface area contributed by atoms with Gasteiger partial charge in [0.2, 0.25) is 0 Å². The zero-order chi connectivity index (χ0) is 19.2. The molecule has 0 unspecified atom stereocenters. The highest BCUT2D eigenvalue weighted by Gasteiger charge is 2.25. The Morgan fingerprint density at radius 2 is 2.04 bits per heavy atom. The van der Waals surface area contributed by atoms with Gasteiger partial charge in [-0.1, -0.05) is 44.4 Å². The number of carbonyl (C=O) groups excluding carboxylic acids is 1. The number of halogens is 1. The van der Waals surface area contributed by atoms with Crippen LogP contribution in [0.4, 0.5) is 0 Å². The fourth-order valence-electron chi connectivity index (χ4n) is 3.67. The second kappa shape index (κ2) is 9.58. The first-order valence-corrected chi connectivity index (χ1v) is 10.4. The van der Waals surface area contributed by atoms with Gasteiger partial charge in [0.15, 0.2) is 0 Å². The van der Waals surface area contributed by atoms with Crippen molar-refractivity contribution in [1.29, 1.82) is 0 Å². The maximum Gasteiger partial charge on any atom is 0.253 e. The molecular weight excluding hydrogens is 364 g/mol. The Morgan fingerprint density at radius 1 is 1.30 bits per heavy atom. The zero-order valence-electron chi connectivity index (χ0n) is 16.2. The standard InChI is InChI=1S/C19H23ClN2O3.C2H6/c20-16-6-3-7-17-18(16)15(10-22(17)13-11-24-12-13)19(23)21-8-9-25-14-4-1-2-5-14;1-2/h3,6-7,10,13-14H,1-2,4-5,8-9,11-12H2,(H,21,23);1-2H3. The summed E-state index contributed by atoms with van der Waals surface area (Å²) in [7, 11) is 0. The molecule has 1 saturated heterocycles. The summed E-state index contributed by atoms with van der Waals surface area (Å²) in [5.41, 5.74) is 1.60. The van der Waals surface area contributed by atoms with E-state index in [1.807, 2.05) is 38.2 Å². The summed E-state index contributed by atoms with van der Waals surface area (Å²) in [6.45, 7) is 6.41. The maximum atomic E-state index is 12.7. The molecule has 1 aromatic heterocycles. The summed E-state index contributed by atoms with van der Waals surface area (Å²) < 4.78 is 13.2. The molecule has 1 aromatic carbocycles. The van der Waals surface area contributed by atoms with Crippen molar-refractivity contribution in [2.45, 2.75) is 51.7 Å². The van der Waals surface area contributed by atoms with Gasteiger partial charge in [0.1, 0.15) is 0 Å². The number of amides is 1. The summed E-state index contributed by atoms with van der Waals surface area (Å²) in [6, 6.07) is 6.01. The molecule has 148 valence electrons. The van der Waals surface area contributed by atoms with E-state index in [-0.39, 0.29) is 11.9 Å². The van der Waals surface area contributed by atoms with Crippen molar-refractivity contribution in [3.63, 3.8) is 0 Å². The van der Waals surface area contributed by atoms with Crippen molar-refractivity contribution in [3.05, 3.63) is 35.0 Å². The van der Waals surface area contributed by atoms with Crippen LogP contribution in [-0.4, -0.2) is 42.9 Å². The summed E-state index contributed by atoms with van der Waals surface area (Å²) in [4.78, 5) is 12.7. The van der Waals surface area contributed by atoms with Crippen molar-refractivity contribution in [2.24, 2.45) is 0 Å². The monoisotopic (exact) mass is 392 g/mol. The average Bonchev–Trinajstić information content (AvgIpc) is 3.28. The minimum absolute atomic E-state index is 0.105. The lowest BCUT2D eigenvalue weighted by molar-refractivity contribution is -0.0214. The Kier molecular flexibility index (Phi) is 7.16. The number of nitrogens with one attached hydrogen (secondary N) is 1. The van der Waals surface area contributed by atoms with Crippen LogP contribution in [0.2, 0.25) is 5.02 Å². The predicted molar refractivity (Wildman–Crippen MR) is 109 cm³/mol. The zero-order valence-corrected chi connectivity index (χ0v) is 16.9. The van der Waals surface area contributed by atoms with E-state index in [4.69, 9.17) is 21.1 Å². The fraction of sp³-hybridized carbons (Fsp3) is 0.571. The van der Waals surface area contributed by atoms with Gasteiger partial charge in [0.05, 0.1) is 48.1 Å². The molecule has 4 rings (SSSR count). The number of aromatic nitrogens is 1. The van der Waals surface area contributed by atoms with Gasteiger partial charge in [0, 0.05) is 18.1 Å². The maximum absolute atomic E-state index is 12.7. The topological polar surface area (TPSA) is 52.5 Å².